The van der Waals surface area contributed by atoms with Crippen molar-refractivity contribution in [3.05, 3.63) is 65.6 Å². The summed E-state index contributed by atoms with van der Waals surface area (Å²) in [6, 6.07) is 12.9. The molecule has 5 nitrogen and oxygen atoms in total. The van der Waals surface area contributed by atoms with E-state index in [4.69, 9.17) is 11.2 Å². The molecule has 156 valence electrons. The normalized spacial score (nSPS) is 9.45. The van der Waals surface area contributed by atoms with E-state index >= 15 is 0 Å². The first-order valence-corrected chi connectivity index (χ1v) is 8.35. The first-order chi connectivity index (χ1) is 13.0. The van der Waals surface area contributed by atoms with Crippen LogP contribution in [0.4, 0.5) is 27.5 Å². The molecule has 0 amide bonds. The molecule has 0 fully saturated rings. The first kappa shape index (κ1) is 23.4. The zero-order valence-corrected chi connectivity index (χ0v) is 15.1. The summed E-state index contributed by atoms with van der Waals surface area (Å²) in [6.45, 7) is 4.26. The molecule has 0 unspecified atom stereocenters. The lowest BCUT2D eigenvalue weighted by Gasteiger charge is -2.11. The van der Waals surface area contributed by atoms with Crippen LogP contribution in [0.3, 0.4) is 0 Å². The predicted molar refractivity (Wildman–Crippen MR) is 123 cm³/mol. The van der Waals surface area contributed by atoms with Gasteiger partial charge in [-0.15, -0.1) is 6.42 Å². The number of rotatable bonds is 6. The van der Waals surface area contributed by atoms with E-state index in [0.717, 1.165) is 17.4 Å². The number of nitrogens with one attached hydrogen (secondary N) is 2. The molecule has 2 aromatic carbocycles. The van der Waals surface area contributed by atoms with Gasteiger partial charge in [-0.25, -0.2) is 9.37 Å². The fourth-order valence-electron chi connectivity index (χ4n) is 2.36. The molecule has 2 N–H and O–H groups in total. The maximum Gasteiger partial charge on any atom is 0.229 e. The third kappa shape index (κ3) is 6.22. The number of ether oxygens (including phenoxy) is 1. The van der Waals surface area contributed by atoms with Crippen LogP contribution in [0, 0.1) is 32.0 Å². The Bertz CT molecular complexity index is 992. The highest BCUT2D eigenvalue weighted by molar-refractivity contribution is 5.61. The molecule has 1 aromatic heterocycles. The number of aromatic nitrogens is 2. The second-order valence-corrected chi connectivity index (χ2v) is 5.96. The van der Waals surface area contributed by atoms with Crippen LogP contribution in [0.5, 0.6) is 5.75 Å². The lowest BCUT2D eigenvalue weighted by molar-refractivity contribution is 0.370. The maximum atomic E-state index is 14.1. The zero-order valence-electron chi connectivity index (χ0n) is 15.1. The molecule has 3 rings (SSSR count). The summed E-state index contributed by atoms with van der Waals surface area (Å²) in [4.78, 5) is 8.22. The van der Waals surface area contributed by atoms with E-state index in [1.807, 2.05) is 32.0 Å². The molecule has 0 saturated heterocycles. The zero-order chi connectivity index (χ0) is 19.2. The van der Waals surface area contributed by atoms with Gasteiger partial charge in [0.05, 0.1) is 6.20 Å². The van der Waals surface area contributed by atoms with Crippen molar-refractivity contribution in [1.82, 2.24) is 9.97 Å². The molecule has 0 radical (unpaired) electrons. The van der Waals surface area contributed by atoms with E-state index in [2.05, 4.69) is 26.5 Å². The molecule has 6 heteroatoms. The fraction of sp³-hybridized carbons (Fsp3) is 0.217. The number of hydrogen-bond acceptors (Lipinski definition) is 5. The van der Waals surface area contributed by atoms with Gasteiger partial charge in [-0.05, 0) is 61.4 Å². The van der Waals surface area contributed by atoms with Crippen molar-refractivity contribution in [1.29, 1.82) is 0 Å². The summed E-state index contributed by atoms with van der Waals surface area (Å²) in [5.74, 6) is 2.87. The summed E-state index contributed by atoms with van der Waals surface area (Å²) in [6.07, 6.45) is 6.29. The molecule has 0 aliphatic heterocycles. The lowest BCUT2D eigenvalue weighted by Crippen LogP contribution is -2.03. The van der Waals surface area contributed by atoms with Crippen LogP contribution in [0.25, 0.3) is 0 Å². The average Bonchev–Trinajstić information content (AvgIpc) is 2.67. The van der Waals surface area contributed by atoms with Gasteiger partial charge in [0.2, 0.25) is 5.95 Å². The molecule has 29 heavy (non-hydrogen) atoms. The van der Waals surface area contributed by atoms with Crippen LogP contribution in [-0.2, 0) is 0 Å². The number of aryl methyl sites for hydroxylation is 2. The third-order valence-electron chi connectivity index (χ3n) is 3.95. The van der Waals surface area contributed by atoms with Crippen LogP contribution in [0.2, 0.25) is 0 Å². The topological polar surface area (TPSA) is 59.1 Å². The molecule has 0 bridgehead atoms. The molecule has 0 saturated carbocycles. The number of halogens is 1. The summed E-state index contributed by atoms with van der Waals surface area (Å²) in [5.41, 5.74) is 3.84. The molecule has 0 aliphatic rings. The maximum absolute atomic E-state index is 14.1. The summed E-state index contributed by atoms with van der Waals surface area (Å²) < 4.78 is 19.4. The second-order valence-electron chi connectivity index (χ2n) is 5.96. The fourth-order valence-corrected chi connectivity index (χ4v) is 2.36. The Morgan fingerprint density at radius 1 is 1.03 bits per heavy atom. The SMILES string of the molecule is C.C.C#CCOc1ccc(Nc2nc(Nc3ccc(C)c(C)c3)ncc2F)cc1.[HH].[HH]. The van der Waals surface area contributed by atoms with Gasteiger partial charge in [-0.2, -0.15) is 4.98 Å². The van der Waals surface area contributed by atoms with Gasteiger partial charge in [0.15, 0.2) is 11.6 Å². The van der Waals surface area contributed by atoms with E-state index in [-0.39, 0.29) is 30.1 Å². The van der Waals surface area contributed by atoms with Gasteiger partial charge in [-0.3, -0.25) is 0 Å². The average molecular weight is 399 g/mol. The van der Waals surface area contributed by atoms with Crippen molar-refractivity contribution in [3.8, 4) is 18.1 Å². The van der Waals surface area contributed by atoms with Gasteiger partial charge in [-0.1, -0.05) is 26.8 Å². The molecule has 0 spiro atoms. The molecule has 0 aliphatic carbocycles. The first-order valence-electron chi connectivity index (χ1n) is 8.35. The smallest absolute Gasteiger partial charge is 0.229 e. The Labute approximate surface area is 175 Å². The lowest BCUT2D eigenvalue weighted by atomic mass is 10.1. The number of nitrogens with zero attached hydrogens (tertiary/aromatic N) is 2. The van der Waals surface area contributed by atoms with Gasteiger partial charge >= 0.3 is 0 Å². The summed E-state index contributed by atoms with van der Waals surface area (Å²) in [7, 11) is 0. The van der Waals surface area contributed by atoms with Crippen molar-refractivity contribution in [3.63, 3.8) is 0 Å². The molecule has 3 aromatic rings. The van der Waals surface area contributed by atoms with Gasteiger partial charge in [0.25, 0.3) is 0 Å². The van der Waals surface area contributed by atoms with E-state index in [9.17, 15) is 4.39 Å². The van der Waals surface area contributed by atoms with Crippen molar-refractivity contribution in [2.75, 3.05) is 17.2 Å². The summed E-state index contributed by atoms with van der Waals surface area (Å²) in [5, 5.41) is 6.03. The van der Waals surface area contributed by atoms with Crippen LogP contribution in [-0.4, -0.2) is 16.6 Å². The Kier molecular flexibility index (Phi) is 8.63. The van der Waals surface area contributed by atoms with E-state index in [0.29, 0.717) is 17.4 Å². The Hall–Kier alpha value is -3.59. The predicted octanol–water partition coefficient (Wildman–Crippen LogP) is 6.50. The number of terminal acetylenes is 1. The number of anilines is 4. The summed E-state index contributed by atoms with van der Waals surface area (Å²) >= 11 is 0. The molecule has 1 heterocycles. The highest BCUT2D eigenvalue weighted by Gasteiger charge is 2.08. The van der Waals surface area contributed by atoms with E-state index in [1.165, 1.54) is 5.56 Å². The van der Waals surface area contributed by atoms with Gasteiger partial charge in [0, 0.05) is 14.2 Å². The van der Waals surface area contributed by atoms with Crippen molar-refractivity contribution in [2.45, 2.75) is 28.7 Å². The van der Waals surface area contributed by atoms with Gasteiger partial charge in [0.1, 0.15) is 12.4 Å². The van der Waals surface area contributed by atoms with E-state index in [1.54, 1.807) is 24.3 Å². The second kappa shape index (κ2) is 10.7. The van der Waals surface area contributed by atoms with Crippen molar-refractivity contribution >= 4 is 23.1 Å². The van der Waals surface area contributed by atoms with Crippen LogP contribution in [0.1, 0.15) is 28.8 Å². The standard InChI is InChI=1S/C21H19FN4O.2CH4.2H2/c1-4-11-27-18-9-7-16(8-10-18)24-20-19(22)13-23-21(26-20)25-17-6-5-14(2)15(3)12-17;;;;/h1,5-10,12-13H,11H2,2-3H3,(H2,23,24,25,26);2*1H4;2*1H. The minimum Gasteiger partial charge on any atom is -0.481 e. The van der Waals surface area contributed by atoms with Crippen molar-refractivity contribution in [2.24, 2.45) is 0 Å². The minimum absolute atomic E-state index is 0. The number of hydrogen-bond donors (Lipinski definition) is 2. The van der Waals surface area contributed by atoms with E-state index < -0.39 is 5.82 Å². The molecular weight excluding hydrogens is 367 g/mol. The highest BCUT2D eigenvalue weighted by atomic mass is 19.1. The Balaban J connectivity index is 0. The minimum atomic E-state index is -0.548. The third-order valence-corrected chi connectivity index (χ3v) is 3.95. The van der Waals surface area contributed by atoms with Crippen LogP contribution < -0.4 is 15.4 Å². The van der Waals surface area contributed by atoms with Crippen LogP contribution in [0.15, 0.2) is 48.7 Å². The highest BCUT2D eigenvalue weighted by Crippen LogP contribution is 2.23. The monoisotopic (exact) mass is 398 g/mol. The quantitative estimate of drug-likeness (QED) is 0.464. The largest absolute Gasteiger partial charge is 0.481 e. The number of benzene rings is 2. The van der Waals surface area contributed by atoms with Crippen LogP contribution >= 0.6 is 0 Å². The molecular formula is C23H31FN4O. The van der Waals surface area contributed by atoms with Crippen molar-refractivity contribution < 1.29 is 12.0 Å². The Morgan fingerprint density at radius 2 is 1.72 bits per heavy atom. The van der Waals surface area contributed by atoms with Gasteiger partial charge < -0.3 is 15.4 Å². The molecule has 0 atom stereocenters. The Morgan fingerprint density at radius 3 is 2.38 bits per heavy atom.